The molecule has 0 aliphatic carbocycles. The smallest absolute Gasteiger partial charge is 0.290 e. The number of benzene rings is 2. The molecular weight excluding hydrogens is 324 g/mol. The lowest BCUT2D eigenvalue weighted by Gasteiger charge is -2.10. The highest BCUT2D eigenvalue weighted by Gasteiger charge is 2.12. The highest BCUT2D eigenvalue weighted by atomic mass is 16.5. The Balaban J connectivity index is 1.62. The normalized spacial score (nSPS) is 10.4. The van der Waals surface area contributed by atoms with Gasteiger partial charge in [-0.15, -0.1) is 0 Å². The van der Waals surface area contributed by atoms with Gasteiger partial charge in [0.1, 0.15) is 5.75 Å². The second-order valence-corrected chi connectivity index (χ2v) is 6.29. The molecule has 0 radical (unpaired) electrons. The van der Waals surface area contributed by atoms with E-state index >= 15 is 0 Å². The summed E-state index contributed by atoms with van der Waals surface area (Å²) in [5.41, 5.74) is 4.25. The molecule has 3 aromatic rings. The summed E-state index contributed by atoms with van der Waals surface area (Å²) in [4.78, 5) is 12.3. The van der Waals surface area contributed by atoms with Crippen molar-refractivity contribution in [2.75, 3.05) is 12.4 Å². The molecule has 0 bridgehead atoms. The minimum absolute atomic E-state index is 0.0882. The van der Waals surface area contributed by atoms with Gasteiger partial charge < -0.3 is 10.1 Å². The van der Waals surface area contributed by atoms with Crippen LogP contribution in [0.4, 0.5) is 5.69 Å². The first-order chi connectivity index (χ1) is 12.6. The molecule has 1 N–H and O–H groups in total. The SMILES string of the molecule is COc1ccc(C)cc1NC(=O)C[n+]1ccc(Cc2ccccc2)cc1. The van der Waals surface area contributed by atoms with Gasteiger partial charge in [-0.05, 0) is 42.2 Å². The van der Waals surface area contributed by atoms with Crippen LogP contribution in [0.3, 0.4) is 0 Å². The third kappa shape index (κ3) is 4.70. The number of carbonyl (C=O) groups excluding carboxylic acids is 1. The van der Waals surface area contributed by atoms with E-state index in [9.17, 15) is 4.79 Å². The summed E-state index contributed by atoms with van der Waals surface area (Å²) in [6.07, 6.45) is 4.75. The Morgan fingerprint density at radius 2 is 1.69 bits per heavy atom. The summed E-state index contributed by atoms with van der Waals surface area (Å²) in [5, 5.41) is 2.92. The lowest BCUT2D eigenvalue weighted by Crippen LogP contribution is -2.39. The number of aromatic nitrogens is 1. The lowest BCUT2D eigenvalue weighted by atomic mass is 10.1. The van der Waals surface area contributed by atoms with Gasteiger partial charge in [0.05, 0.1) is 12.8 Å². The number of anilines is 1. The van der Waals surface area contributed by atoms with Crippen LogP contribution in [0.15, 0.2) is 73.1 Å². The molecular formula is C22H23N2O2+. The van der Waals surface area contributed by atoms with Gasteiger partial charge in [0.15, 0.2) is 12.4 Å². The van der Waals surface area contributed by atoms with Crippen molar-refractivity contribution in [1.29, 1.82) is 0 Å². The van der Waals surface area contributed by atoms with Crippen LogP contribution in [0.2, 0.25) is 0 Å². The average molecular weight is 347 g/mol. The minimum Gasteiger partial charge on any atom is -0.495 e. The minimum atomic E-state index is -0.0882. The van der Waals surface area contributed by atoms with Gasteiger partial charge >= 0.3 is 0 Å². The number of carbonyl (C=O) groups is 1. The van der Waals surface area contributed by atoms with E-state index in [0.29, 0.717) is 11.4 Å². The van der Waals surface area contributed by atoms with Gasteiger partial charge in [-0.1, -0.05) is 36.4 Å². The molecule has 0 spiro atoms. The van der Waals surface area contributed by atoms with Gasteiger partial charge in [-0.25, -0.2) is 0 Å². The number of aryl methyl sites for hydroxylation is 1. The van der Waals surface area contributed by atoms with E-state index in [1.54, 1.807) is 7.11 Å². The largest absolute Gasteiger partial charge is 0.495 e. The van der Waals surface area contributed by atoms with Crippen LogP contribution in [0.25, 0.3) is 0 Å². The van der Waals surface area contributed by atoms with Crippen LogP contribution in [-0.4, -0.2) is 13.0 Å². The summed E-state index contributed by atoms with van der Waals surface area (Å²) >= 11 is 0. The molecule has 1 heterocycles. The summed E-state index contributed by atoms with van der Waals surface area (Å²) < 4.78 is 7.17. The number of methoxy groups -OCH3 is 1. The van der Waals surface area contributed by atoms with Crippen LogP contribution in [-0.2, 0) is 17.8 Å². The Hall–Kier alpha value is -3.14. The molecule has 0 aliphatic heterocycles. The maximum absolute atomic E-state index is 12.3. The molecule has 3 rings (SSSR count). The van der Waals surface area contributed by atoms with Crippen LogP contribution >= 0.6 is 0 Å². The molecule has 132 valence electrons. The number of nitrogens with one attached hydrogen (secondary N) is 1. The Morgan fingerprint density at radius 3 is 2.38 bits per heavy atom. The molecule has 0 saturated heterocycles. The summed E-state index contributed by atoms with van der Waals surface area (Å²) in [5.74, 6) is 0.571. The van der Waals surface area contributed by atoms with Gasteiger partial charge in [0.25, 0.3) is 5.91 Å². The van der Waals surface area contributed by atoms with Crippen molar-refractivity contribution in [2.24, 2.45) is 0 Å². The monoisotopic (exact) mass is 347 g/mol. The van der Waals surface area contributed by atoms with Crippen LogP contribution in [0.1, 0.15) is 16.7 Å². The first-order valence-electron chi connectivity index (χ1n) is 8.60. The molecule has 0 fully saturated rings. The molecule has 0 atom stereocenters. The standard InChI is InChI=1S/C22H22N2O2/c1-17-8-9-21(26-2)20(14-17)23-22(25)16-24-12-10-19(11-13-24)15-18-6-4-3-5-7-18/h3-14H,15-16H2,1-2H3/p+1. The van der Waals surface area contributed by atoms with Crippen molar-refractivity contribution in [3.63, 3.8) is 0 Å². The lowest BCUT2D eigenvalue weighted by molar-refractivity contribution is -0.684. The molecule has 0 unspecified atom stereocenters. The number of nitrogens with zero attached hydrogens (tertiary/aromatic N) is 1. The number of hydrogen-bond donors (Lipinski definition) is 1. The maximum Gasteiger partial charge on any atom is 0.290 e. The first-order valence-corrected chi connectivity index (χ1v) is 8.60. The fourth-order valence-electron chi connectivity index (χ4n) is 2.82. The number of hydrogen-bond acceptors (Lipinski definition) is 2. The molecule has 4 heteroatoms. The molecule has 1 amide bonds. The van der Waals surface area contributed by atoms with E-state index in [4.69, 9.17) is 4.74 Å². The highest BCUT2D eigenvalue weighted by molar-refractivity contribution is 5.91. The Bertz CT molecular complexity index is 874. The molecule has 4 nitrogen and oxygen atoms in total. The average Bonchev–Trinajstić information content (AvgIpc) is 2.64. The number of pyridine rings is 1. The maximum atomic E-state index is 12.3. The first kappa shape index (κ1) is 17.7. The van der Waals surface area contributed by atoms with Crippen molar-refractivity contribution < 1.29 is 14.1 Å². The zero-order valence-corrected chi connectivity index (χ0v) is 15.1. The van der Waals surface area contributed by atoms with Crippen molar-refractivity contribution in [3.8, 4) is 5.75 Å². The molecule has 26 heavy (non-hydrogen) atoms. The zero-order chi connectivity index (χ0) is 18.4. The Labute approximate surface area is 154 Å². The predicted molar refractivity (Wildman–Crippen MR) is 102 cm³/mol. The zero-order valence-electron chi connectivity index (χ0n) is 15.1. The van der Waals surface area contributed by atoms with Crippen LogP contribution in [0, 0.1) is 6.92 Å². The number of ether oxygens (including phenoxy) is 1. The van der Waals surface area contributed by atoms with Crippen molar-refractivity contribution in [1.82, 2.24) is 0 Å². The predicted octanol–water partition coefficient (Wildman–Crippen LogP) is 3.52. The summed E-state index contributed by atoms with van der Waals surface area (Å²) in [7, 11) is 1.60. The van der Waals surface area contributed by atoms with Crippen LogP contribution < -0.4 is 14.6 Å². The van der Waals surface area contributed by atoms with Gasteiger partial charge in [-0.3, -0.25) is 4.79 Å². The quantitative estimate of drug-likeness (QED) is 0.693. The van der Waals surface area contributed by atoms with Gasteiger partial charge in [-0.2, -0.15) is 4.57 Å². The third-order valence-corrected chi connectivity index (χ3v) is 4.17. The van der Waals surface area contributed by atoms with E-state index in [1.807, 2.05) is 72.4 Å². The van der Waals surface area contributed by atoms with E-state index < -0.39 is 0 Å². The summed E-state index contributed by atoms with van der Waals surface area (Å²) in [6, 6.07) is 20.2. The van der Waals surface area contributed by atoms with Gasteiger partial charge in [0, 0.05) is 12.1 Å². The third-order valence-electron chi connectivity index (χ3n) is 4.17. The van der Waals surface area contributed by atoms with Crippen molar-refractivity contribution in [2.45, 2.75) is 19.9 Å². The summed E-state index contributed by atoms with van der Waals surface area (Å²) in [6.45, 7) is 2.23. The van der Waals surface area contributed by atoms with Crippen molar-refractivity contribution >= 4 is 11.6 Å². The highest BCUT2D eigenvalue weighted by Crippen LogP contribution is 2.24. The molecule has 2 aromatic carbocycles. The van der Waals surface area contributed by atoms with E-state index in [2.05, 4.69) is 17.4 Å². The van der Waals surface area contributed by atoms with E-state index in [0.717, 1.165) is 12.0 Å². The van der Waals surface area contributed by atoms with E-state index in [-0.39, 0.29) is 12.5 Å². The fraction of sp³-hybridized carbons (Fsp3) is 0.182. The van der Waals surface area contributed by atoms with Crippen molar-refractivity contribution in [3.05, 3.63) is 89.7 Å². The second kappa shape index (κ2) is 8.30. The Kier molecular flexibility index (Phi) is 5.64. The second-order valence-electron chi connectivity index (χ2n) is 6.29. The molecule has 0 aliphatic rings. The molecule has 0 saturated carbocycles. The van der Waals surface area contributed by atoms with E-state index in [1.165, 1.54) is 11.1 Å². The molecule has 1 aromatic heterocycles. The Morgan fingerprint density at radius 1 is 1.00 bits per heavy atom. The number of rotatable bonds is 6. The van der Waals surface area contributed by atoms with Gasteiger partial charge in [0.2, 0.25) is 6.54 Å². The topological polar surface area (TPSA) is 42.2 Å². The number of amides is 1. The van der Waals surface area contributed by atoms with Crippen LogP contribution in [0.5, 0.6) is 5.75 Å². The fourth-order valence-corrected chi connectivity index (χ4v) is 2.82.